The number of nitrogens with one attached hydrogen (secondary N) is 1. The molecule has 0 aromatic rings. The van der Waals surface area contributed by atoms with Crippen molar-refractivity contribution in [2.24, 2.45) is 0 Å². The maximum absolute atomic E-state index is 11.8. The van der Waals surface area contributed by atoms with Crippen LogP contribution in [-0.4, -0.2) is 51.9 Å². The maximum Gasteiger partial charge on any atom is 0.500 e. The fourth-order valence-corrected chi connectivity index (χ4v) is 5.61. The van der Waals surface area contributed by atoms with Gasteiger partial charge in [-0.2, -0.15) is 0 Å². The third kappa shape index (κ3) is 10.2. The third-order valence-electron chi connectivity index (χ3n) is 2.99. The molecule has 0 bridgehead atoms. The second-order valence-corrected chi connectivity index (χ2v) is 8.98. The summed E-state index contributed by atoms with van der Waals surface area (Å²) in [6.45, 7) is 13.0. The molecule has 0 unspecified atom stereocenters. The summed E-state index contributed by atoms with van der Waals surface area (Å²) < 4.78 is 17.3. The lowest BCUT2D eigenvalue weighted by atomic mass is 10.3. The van der Waals surface area contributed by atoms with Crippen molar-refractivity contribution in [1.29, 1.82) is 0 Å². The summed E-state index contributed by atoms with van der Waals surface area (Å²) in [7, 11) is -2.61. The minimum Gasteiger partial charge on any atom is -0.374 e. The van der Waals surface area contributed by atoms with Gasteiger partial charge >= 0.3 is 8.80 Å². The molecular formula is C16H31NO5SSi. The van der Waals surface area contributed by atoms with Gasteiger partial charge in [-0.15, -0.1) is 0 Å². The smallest absolute Gasteiger partial charge is 0.374 e. The number of carbonyl (C=O) groups excluding carboxylic acids is 2. The summed E-state index contributed by atoms with van der Waals surface area (Å²) in [5.41, 5.74) is 0.444. The molecular weight excluding hydrogens is 346 g/mol. The molecule has 0 saturated carbocycles. The van der Waals surface area contributed by atoms with Crippen molar-refractivity contribution in [3.05, 3.63) is 12.2 Å². The fourth-order valence-electron chi connectivity index (χ4n) is 1.98. The molecule has 0 aromatic carbocycles. The van der Waals surface area contributed by atoms with Gasteiger partial charge in [-0.05, 0) is 34.1 Å². The van der Waals surface area contributed by atoms with Crippen molar-refractivity contribution < 1.29 is 22.9 Å². The molecule has 0 aliphatic carbocycles. The zero-order valence-corrected chi connectivity index (χ0v) is 17.1. The minimum absolute atomic E-state index is 0.0634. The summed E-state index contributed by atoms with van der Waals surface area (Å²) in [5.74, 6) is 0.476. The van der Waals surface area contributed by atoms with E-state index >= 15 is 0 Å². The molecule has 140 valence electrons. The third-order valence-corrected chi connectivity index (χ3v) is 7.16. The Balaban J connectivity index is 4.08. The van der Waals surface area contributed by atoms with E-state index in [1.807, 2.05) is 20.8 Å². The van der Waals surface area contributed by atoms with Crippen LogP contribution in [0.15, 0.2) is 12.2 Å². The Hall–Kier alpha value is -0.673. The Morgan fingerprint density at radius 1 is 1.08 bits per heavy atom. The van der Waals surface area contributed by atoms with Gasteiger partial charge in [0, 0.05) is 50.2 Å². The Kier molecular flexibility index (Phi) is 13.2. The molecule has 0 atom stereocenters. The van der Waals surface area contributed by atoms with Crippen molar-refractivity contribution in [2.45, 2.75) is 46.6 Å². The molecule has 0 saturated heterocycles. The predicted octanol–water partition coefficient (Wildman–Crippen LogP) is 2.77. The highest BCUT2D eigenvalue weighted by molar-refractivity contribution is 8.13. The molecule has 24 heavy (non-hydrogen) atoms. The van der Waals surface area contributed by atoms with Gasteiger partial charge in [-0.1, -0.05) is 18.3 Å². The first-order chi connectivity index (χ1) is 11.4. The Morgan fingerprint density at radius 3 is 2.08 bits per heavy atom. The second-order valence-electron chi connectivity index (χ2n) is 5.09. The molecule has 1 N–H and O–H groups in total. The Bertz CT molecular complexity index is 389. The normalized spacial score (nSPS) is 11.3. The van der Waals surface area contributed by atoms with E-state index in [0.717, 1.165) is 6.42 Å². The van der Waals surface area contributed by atoms with E-state index in [2.05, 4.69) is 11.9 Å². The summed E-state index contributed by atoms with van der Waals surface area (Å²) >= 11 is 1.27. The van der Waals surface area contributed by atoms with Crippen LogP contribution < -0.4 is 5.32 Å². The standard InChI is InChI=1S/C16H31NO5SSi/c1-6-20-24(21-7-2,22-8-3)13-9-12-23-15(18)10-11-17-16(19)14(4)5/h4,6-13H2,1-3,5H3,(H,17,19). The number of hydrogen-bond acceptors (Lipinski definition) is 6. The molecule has 0 aromatic heterocycles. The molecule has 0 aliphatic rings. The SMILES string of the molecule is C=C(C)C(=O)NCCC(=O)SCCC[Si](OCC)(OCC)OCC. The van der Waals surface area contributed by atoms with Crippen LogP contribution in [0.5, 0.6) is 0 Å². The van der Waals surface area contributed by atoms with E-state index in [-0.39, 0.29) is 11.0 Å². The molecule has 0 rings (SSSR count). The van der Waals surface area contributed by atoms with E-state index in [0.29, 0.717) is 50.2 Å². The van der Waals surface area contributed by atoms with Gasteiger partial charge < -0.3 is 18.6 Å². The second kappa shape index (κ2) is 13.6. The van der Waals surface area contributed by atoms with Gasteiger partial charge in [0.2, 0.25) is 5.91 Å². The number of amides is 1. The van der Waals surface area contributed by atoms with Crippen molar-refractivity contribution in [3.63, 3.8) is 0 Å². The first-order valence-electron chi connectivity index (χ1n) is 8.41. The van der Waals surface area contributed by atoms with Crippen LogP contribution in [-0.2, 0) is 22.9 Å². The Morgan fingerprint density at radius 2 is 1.62 bits per heavy atom. The van der Waals surface area contributed by atoms with Crippen molar-refractivity contribution in [2.75, 3.05) is 32.1 Å². The first kappa shape index (κ1) is 23.3. The zero-order chi connectivity index (χ0) is 18.4. The lowest BCUT2D eigenvalue weighted by Crippen LogP contribution is -2.46. The molecule has 8 heteroatoms. The van der Waals surface area contributed by atoms with E-state index in [1.165, 1.54) is 11.8 Å². The van der Waals surface area contributed by atoms with Crippen LogP contribution in [0.1, 0.15) is 40.5 Å². The highest BCUT2D eigenvalue weighted by Gasteiger charge is 2.39. The van der Waals surface area contributed by atoms with E-state index < -0.39 is 8.80 Å². The topological polar surface area (TPSA) is 73.9 Å². The number of thioether (sulfide) groups is 1. The van der Waals surface area contributed by atoms with Crippen LogP contribution in [0.25, 0.3) is 0 Å². The maximum atomic E-state index is 11.8. The van der Waals surface area contributed by atoms with Crippen molar-refractivity contribution in [3.8, 4) is 0 Å². The number of carbonyl (C=O) groups is 2. The quantitative estimate of drug-likeness (QED) is 0.285. The largest absolute Gasteiger partial charge is 0.500 e. The summed E-state index contributed by atoms with van der Waals surface area (Å²) in [5, 5.41) is 2.72. The minimum atomic E-state index is -2.61. The molecule has 0 aliphatic heterocycles. The summed E-state index contributed by atoms with van der Waals surface area (Å²) in [6, 6.07) is 0.704. The fraction of sp³-hybridized carbons (Fsp3) is 0.750. The molecule has 0 spiro atoms. The van der Waals surface area contributed by atoms with Gasteiger partial charge in [-0.3, -0.25) is 9.59 Å². The van der Waals surface area contributed by atoms with Crippen LogP contribution in [0.4, 0.5) is 0 Å². The van der Waals surface area contributed by atoms with Gasteiger partial charge in [0.05, 0.1) is 0 Å². The number of hydrogen-bond donors (Lipinski definition) is 1. The number of rotatable bonds is 14. The van der Waals surface area contributed by atoms with Crippen molar-refractivity contribution in [1.82, 2.24) is 5.32 Å². The lowest BCUT2D eigenvalue weighted by Gasteiger charge is -2.28. The van der Waals surface area contributed by atoms with Crippen molar-refractivity contribution >= 4 is 31.6 Å². The first-order valence-corrected chi connectivity index (χ1v) is 11.3. The van der Waals surface area contributed by atoms with Crippen LogP contribution in [0.3, 0.4) is 0 Å². The van der Waals surface area contributed by atoms with Gasteiger partial charge in [0.25, 0.3) is 0 Å². The molecule has 0 heterocycles. The zero-order valence-electron chi connectivity index (χ0n) is 15.3. The average molecular weight is 378 g/mol. The van der Waals surface area contributed by atoms with Gasteiger partial charge in [0.15, 0.2) is 5.12 Å². The molecule has 0 radical (unpaired) electrons. The van der Waals surface area contributed by atoms with E-state index in [9.17, 15) is 9.59 Å². The van der Waals surface area contributed by atoms with E-state index in [4.69, 9.17) is 13.3 Å². The summed E-state index contributed by atoms with van der Waals surface area (Å²) in [4.78, 5) is 23.1. The molecule has 1 amide bonds. The predicted molar refractivity (Wildman–Crippen MR) is 100.0 cm³/mol. The molecule has 0 fully saturated rings. The van der Waals surface area contributed by atoms with Crippen LogP contribution in [0, 0.1) is 0 Å². The van der Waals surface area contributed by atoms with Crippen LogP contribution >= 0.6 is 11.8 Å². The van der Waals surface area contributed by atoms with Gasteiger partial charge in [0.1, 0.15) is 0 Å². The highest BCUT2D eigenvalue weighted by Crippen LogP contribution is 2.20. The van der Waals surface area contributed by atoms with Gasteiger partial charge in [-0.25, -0.2) is 0 Å². The Labute approximate surface area is 151 Å². The lowest BCUT2D eigenvalue weighted by molar-refractivity contribution is -0.117. The monoisotopic (exact) mass is 377 g/mol. The van der Waals surface area contributed by atoms with Crippen LogP contribution in [0.2, 0.25) is 6.04 Å². The highest BCUT2D eigenvalue weighted by atomic mass is 32.2. The molecule has 6 nitrogen and oxygen atoms in total. The van der Waals surface area contributed by atoms with E-state index in [1.54, 1.807) is 6.92 Å². The summed E-state index contributed by atoms with van der Waals surface area (Å²) in [6.07, 6.45) is 1.11. The average Bonchev–Trinajstić information content (AvgIpc) is 2.52.